The molecule has 2 rings (SSSR count). The summed E-state index contributed by atoms with van der Waals surface area (Å²) >= 11 is 0. The third kappa shape index (κ3) is 2.38. The molecule has 92 valence electrons. The molecule has 0 aromatic carbocycles. The van der Waals surface area contributed by atoms with E-state index in [4.69, 9.17) is 0 Å². The van der Waals surface area contributed by atoms with Gasteiger partial charge in [-0.25, -0.2) is 4.98 Å². The van der Waals surface area contributed by atoms with Crippen molar-refractivity contribution >= 4 is 11.6 Å². The summed E-state index contributed by atoms with van der Waals surface area (Å²) in [6.07, 6.45) is 4.91. The van der Waals surface area contributed by atoms with Gasteiger partial charge in [-0.2, -0.15) is 0 Å². The van der Waals surface area contributed by atoms with E-state index in [1.807, 2.05) is 4.90 Å². The van der Waals surface area contributed by atoms with Gasteiger partial charge in [0.05, 0.1) is 0 Å². The molecule has 1 saturated heterocycles. The molecule has 5 nitrogen and oxygen atoms in total. The number of anilines is 1. The van der Waals surface area contributed by atoms with E-state index in [0.717, 1.165) is 25.9 Å². The van der Waals surface area contributed by atoms with Gasteiger partial charge in [0, 0.05) is 38.4 Å². The maximum Gasteiger partial charge on any atom is 0.293 e. The van der Waals surface area contributed by atoms with Crippen LogP contribution in [0.4, 0.5) is 5.82 Å². The number of rotatable bonds is 2. The molecule has 0 saturated carbocycles. The SMILES string of the molecule is CC(=O)C1CCN(c2nccn(C)c2=O)CC1. The van der Waals surface area contributed by atoms with Crippen molar-refractivity contribution in [3.63, 3.8) is 0 Å². The van der Waals surface area contributed by atoms with Crippen LogP contribution in [0.2, 0.25) is 0 Å². The summed E-state index contributed by atoms with van der Waals surface area (Å²) in [4.78, 5) is 29.3. The molecule has 1 aliphatic heterocycles. The first-order valence-electron chi connectivity index (χ1n) is 5.86. The molecule has 0 bridgehead atoms. The highest BCUT2D eigenvalue weighted by Crippen LogP contribution is 2.20. The third-order valence-corrected chi connectivity index (χ3v) is 3.37. The molecule has 17 heavy (non-hydrogen) atoms. The van der Waals surface area contributed by atoms with Gasteiger partial charge in [-0.05, 0) is 19.8 Å². The van der Waals surface area contributed by atoms with Gasteiger partial charge >= 0.3 is 0 Å². The molecule has 0 radical (unpaired) electrons. The lowest BCUT2D eigenvalue weighted by Crippen LogP contribution is -2.40. The van der Waals surface area contributed by atoms with Crippen molar-refractivity contribution in [2.75, 3.05) is 18.0 Å². The molecular weight excluding hydrogens is 218 g/mol. The number of aromatic nitrogens is 2. The highest BCUT2D eigenvalue weighted by molar-refractivity contribution is 5.78. The fourth-order valence-electron chi connectivity index (χ4n) is 2.20. The Balaban J connectivity index is 2.13. The first kappa shape index (κ1) is 11.8. The molecule has 0 unspecified atom stereocenters. The molecule has 0 spiro atoms. The number of piperidine rings is 1. The molecule has 0 N–H and O–H groups in total. The van der Waals surface area contributed by atoms with Gasteiger partial charge < -0.3 is 9.47 Å². The Hall–Kier alpha value is -1.65. The summed E-state index contributed by atoms with van der Waals surface area (Å²) in [7, 11) is 1.72. The predicted molar refractivity (Wildman–Crippen MR) is 65.1 cm³/mol. The van der Waals surface area contributed by atoms with Crippen LogP contribution in [-0.2, 0) is 11.8 Å². The van der Waals surface area contributed by atoms with Crippen LogP contribution in [0.15, 0.2) is 17.2 Å². The number of aryl methyl sites for hydroxylation is 1. The maximum absolute atomic E-state index is 11.9. The van der Waals surface area contributed by atoms with Crippen LogP contribution >= 0.6 is 0 Å². The Morgan fingerprint density at radius 2 is 2.06 bits per heavy atom. The van der Waals surface area contributed by atoms with Crippen LogP contribution in [-0.4, -0.2) is 28.4 Å². The molecule has 2 heterocycles. The fourth-order valence-corrected chi connectivity index (χ4v) is 2.20. The van der Waals surface area contributed by atoms with Crippen LogP contribution in [0.25, 0.3) is 0 Å². The Morgan fingerprint density at radius 1 is 1.41 bits per heavy atom. The largest absolute Gasteiger partial charge is 0.352 e. The Kier molecular flexibility index (Phi) is 3.26. The van der Waals surface area contributed by atoms with Gasteiger partial charge in [0.25, 0.3) is 5.56 Å². The van der Waals surface area contributed by atoms with Gasteiger partial charge in [0.1, 0.15) is 5.78 Å². The predicted octanol–water partition coefficient (Wildman–Crippen LogP) is 0.586. The molecule has 0 atom stereocenters. The summed E-state index contributed by atoms with van der Waals surface area (Å²) in [5, 5.41) is 0. The lowest BCUT2D eigenvalue weighted by atomic mass is 9.93. The van der Waals surface area contributed by atoms with E-state index < -0.39 is 0 Å². The average Bonchev–Trinajstić information content (AvgIpc) is 2.33. The van der Waals surface area contributed by atoms with E-state index in [1.165, 1.54) is 4.57 Å². The lowest BCUT2D eigenvalue weighted by molar-refractivity contribution is -0.121. The second-order valence-electron chi connectivity index (χ2n) is 4.54. The van der Waals surface area contributed by atoms with Crippen molar-refractivity contribution in [3.8, 4) is 0 Å². The van der Waals surface area contributed by atoms with E-state index in [1.54, 1.807) is 26.4 Å². The third-order valence-electron chi connectivity index (χ3n) is 3.37. The van der Waals surface area contributed by atoms with Crippen molar-refractivity contribution < 1.29 is 4.79 Å². The van der Waals surface area contributed by atoms with Crippen LogP contribution in [0.1, 0.15) is 19.8 Å². The zero-order chi connectivity index (χ0) is 12.4. The lowest BCUT2D eigenvalue weighted by Gasteiger charge is -2.31. The van der Waals surface area contributed by atoms with E-state index >= 15 is 0 Å². The summed E-state index contributed by atoms with van der Waals surface area (Å²) in [6, 6.07) is 0. The monoisotopic (exact) mass is 235 g/mol. The highest BCUT2D eigenvalue weighted by atomic mass is 16.1. The van der Waals surface area contributed by atoms with E-state index in [-0.39, 0.29) is 17.3 Å². The summed E-state index contributed by atoms with van der Waals surface area (Å²) in [5.74, 6) is 0.898. The number of hydrogen-bond donors (Lipinski definition) is 0. The van der Waals surface area contributed by atoms with Crippen LogP contribution in [0, 0.1) is 5.92 Å². The van der Waals surface area contributed by atoms with E-state index in [0.29, 0.717) is 5.82 Å². The molecule has 5 heteroatoms. The number of ketones is 1. The molecule has 1 fully saturated rings. The summed E-state index contributed by atoms with van der Waals surface area (Å²) < 4.78 is 1.53. The van der Waals surface area contributed by atoms with Crippen molar-refractivity contribution in [2.24, 2.45) is 13.0 Å². The molecule has 1 aromatic rings. The van der Waals surface area contributed by atoms with Gasteiger partial charge in [0.2, 0.25) is 0 Å². The van der Waals surface area contributed by atoms with Gasteiger partial charge in [-0.1, -0.05) is 0 Å². The van der Waals surface area contributed by atoms with Gasteiger partial charge in [-0.3, -0.25) is 9.59 Å². The molecule has 0 aliphatic carbocycles. The second kappa shape index (κ2) is 4.69. The molecular formula is C12H17N3O2. The Labute approximate surface area is 100 Å². The van der Waals surface area contributed by atoms with Crippen molar-refractivity contribution in [1.82, 2.24) is 9.55 Å². The highest BCUT2D eigenvalue weighted by Gasteiger charge is 2.24. The zero-order valence-corrected chi connectivity index (χ0v) is 10.2. The topological polar surface area (TPSA) is 55.2 Å². The summed E-state index contributed by atoms with van der Waals surface area (Å²) in [5.41, 5.74) is -0.0752. The van der Waals surface area contributed by atoms with Crippen molar-refractivity contribution in [3.05, 3.63) is 22.7 Å². The number of carbonyl (C=O) groups is 1. The minimum Gasteiger partial charge on any atom is -0.352 e. The first-order valence-corrected chi connectivity index (χ1v) is 5.86. The van der Waals surface area contributed by atoms with Gasteiger partial charge in [0.15, 0.2) is 5.82 Å². The molecule has 1 aliphatic rings. The fraction of sp³-hybridized carbons (Fsp3) is 0.583. The number of Topliss-reactive ketones (excluding diaryl/α,β-unsaturated/α-hetero) is 1. The van der Waals surface area contributed by atoms with E-state index in [2.05, 4.69) is 4.98 Å². The van der Waals surface area contributed by atoms with Crippen LogP contribution in [0.3, 0.4) is 0 Å². The van der Waals surface area contributed by atoms with Gasteiger partial charge in [-0.15, -0.1) is 0 Å². The van der Waals surface area contributed by atoms with E-state index in [9.17, 15) is 9.59 Å². The Morgan fingerprint density at radius 3 is 2.65 bits per heavy atom. The quantitative estimate of drug-likeness (QED) is 0.752. The number of hydrogen-bond acceptors (Lipinski definition) is 4. The van der Waals surface area contributed by atoms with Crippen LogP contribution in [0.5, 0.6) is 0 Å². The summed E-state index contributed by atoms with van der Waals surface area (Å²) in [6.45, 7) is 3.10. The first-order chi connectivity index (χ1) is 8.09. The minimum atomic E-state index is -0.0752. The normalized spacial score (nSPS) is 17.2. The van der Waals surface area contributed by atoms with Crippen molar-refractivity contribution in [2.45, 2.75) is 19.8 Å². The molecule has 0 amide bonds. The standard InChI is InChI=1S/C12H17N3O2/c1-9(16)10-3-6-15(7-4-10)11-12(17)14(2)8-5-13-11/h5,8,10H,3-4,6-7H2,1-2H3. The van der Waals surface area contributed by atoms with Crippen molar-refractivity contribution in [1.29, 1.82) is 0 Å². The molecule has 1 aromatic heterocycles. The zero-order valence-electron chi connectivity index (χ0n) is 10.2. The Bertz CT molecular complexity index is 473. The van der Waals surface area contributed by atoms with Crippen LogP contribution < -0.4 is 10.5 Å². The second-order valence-corrected chi connectivity index (χ2v) is 4.54. The minimum absolute atomic E-state index is 0.0752. The smallest absolute Gasteiger partial charge is 0.293 e. The average molecular weight is 235 g/mol. The number of nitrogens with zero attached hydrogens (tertiary/aromatic N) is 3. The number of carbonyl (C=O) groups excluding carboxylic acids is 1. The maximum atomic E-state index is 11.9.